The van der Waals surface area contributed by atoms with Gasteiger partial charge in [-0.05, 0) is 35.9 Å². The van der Waals surface area contributed by atoms with Gasteiger partial charge in [0, 0.05) is 5.56 Å². The quantitative estimate of drug-likeness (QED) is 0.762. The van der Waals surface area contributed by atoms with Crippen molar-refractivity contribution in [2.45, 2.75) is 6.18 Å². The zero-order valence-electron chi connectivity index (χ0n) is 8.79. The monoisotopic (exact) mass is 274 g/mol. The number of halogens is 4. The second kappa shape index (κ2) is 4.49. The summed E-state index contributed by atoms with van der Waals surface area (Å²) in [5.74, 6) is 0.0502. The van der Waals surface area contributed by atoms with E-state index in [1.807, 2.05) is 0 Å². The number of hydrogen-bond donors (Lipinski definition) is 0. The Labute approximate surface area is 105 Å². The van der Waals surface area contributed by atoms with Crippen LogP contribution in [0.1, 0.15) is 16.1 Å². The summed E-state index contributed by atoms with van der Waals surface area (Å²) in [4.78, 5) is 10.8. The summed E-state index contributed by atoms with van der Waals surface area (Å²) in [6.45, 7) is 0. The number of hydrogen-bond acceptors (Lipinski definition) is 2. The van der Waals surface area contributed by atoms with Crippen LogP contribution in [0, 0.1) is 0 Å². The van der Waals surface area contributed by atoms with E-state index in [0.29, 0.717) is 0 Å². The number of carbonyl (C=O) groups is 1. The SMILES string of the molecule is O=C(Cl)c1ccc(-c2cccc(C(F)(F)F)c2)o1. The van der Waals surface area contributed by atoms with Crippen LogP contribution in [0.2, 0.25) is 0 Å². The minimum absolute atomic E-state index is 0.107. The minimum Gasteiger partial charge on any atom is -0.452 e. The molecule has 0 fully saturated rings. The van der Waals surface area contributed by atoms with Crippen molar-refractivity contribution in [3.8, 4) is 11.3 Å². The Kier molecular flexibility index (Phi) is 3.17. The average molecular weight is 275 g/mol. The van der Waals surface area contributed by atoms with E-state index in [1.54, 1.807) is 0 Å². The second-order valence-corrected chi connectivity index (χ2v) is 3.86. The van der Waals surface area contributed by atoms with Crippen molar-refractivity contribution in [3.63, 3.8) is 0 Å². The lowest BCUT2D eigenvalue weighted by molar-refractivity contribution is -0.137. The average Bonchev–Trinajstić information content (AvgIpc) is 2.77. The molecule has 0 spiro atoms. The van der Waals surface area contributed by atoms with Crippen molar-refractivity contribution in [1.29, 1.82) is 0 Å². The summed E-state index contributed by atoms with van der Waals surface area (Å²) in [6, 6.07) is 7.33. The minimum atomic E-state index is -4.42. The molecule has 0 saturated carbocycles. The first kappa shape index (κ1) is 12.7. The van der Waals surface area contributed by atoms with E-state index in [2.05, 4.69) is 0 Å². The maximum absolute atomic E-state index is 12.5. The lowest BCUT2D eigenvalue weighted by atomic mass is 10.1. The molecule has 0 aliphatic carbocycles. The van der Waals surface area contributed by atoms with E-state index in [9.17, 15) is 18.0 Å². The standard InChI is InChI=1S/C12H6ClF3O2/c13-11(17)10-5-4-9(18-10)7-2-1-3-8(6-7)12(14,15)16/h1-6H. The van der Waals surface area contributed by atoms with Crippen LogP contribution >= 0.6 is 11.6 Å². The van der Waals surface area contributed by atoms with Gasteiger partial charge in [0.15, 0.2) is 5.76 Å². The number of benzene rings is 1. The highest BCUT2D eigenvalue weighted by Gasteiger charge is 2.30. The summed E-state index contributed by atoms with van der Waals surface area (Å²) in [7, 11) is 0. The Morgan fingerprint density at radius 2 is 1.89 bits per heavy atom. The molecule has 0 radical (unpaired) electrons. The van der Waals surface area contributed by atoms with Crippen LogP contribution in [-0.4, -0.2) is 5.24 Å². The van der Waals surface area contributed by atoms with Gasteiger partial charge < -0.3 is 4.42 Å². The molecule has 1 aromatic heterocycles. The van der Waals surface area contributed by atoms with Gasteiger partial charge in [0.05, 0.1) is 5.56 Å². The Balaban J connectivity index is 2.41. The van der Waals surface area contributed by atoms with Gasteiger partial charge in [0.25, 0.3) is 5.24 Å². The van der Waals surface area contributed by atoms with E-state index < -0.39 is 17.0 Å². The Hall–Kier alpha value is -1.75. The normalized spacial score (nSPS) is 11.6. The molecule has 0 unspecified atom stereocenters. The first-order valence-electron chi connectivity index (χ1n) is 4.85. The van der Waals surface area contributed by atoms with Crippen LogP contribution in [0.3, 0.4) is 0 Å². The van der Waals surface area contributed by atoms with Crippen LogP contribution in [0.5, 0.6) is 0 Å². The fourth-order valence-electron chi connectivity index (χ4n) is 1.45. The molecule has 0 aliphatic heterocycles. The molecule has 1 aromatic carbocycles. The van der Waals surface area contributed by atoms with Crippen molar-refractivity contribution in [2.24, 2.45) is 0 Å². The molecule has 0 N–H and O–H groups in total. The largest absolute Gasteiger partial charge is 0.452 e. The molecule has 2 aromatic rings. The van der Waals surface area contributed by atoms with Gasteiger partial charge in [0.1, 0.15) is 5.76 Å². The second-order valence-electron chi connectivity index (χ2n) is 3.52. The van der Waals surface area contributed by atoms with E-state index in [-0.39, 0.29) is 17.1 Å². The van der Waals surface area contributed by atoms with Crippen LogP contribution < -0.4 is 0 Å². The van der Waals surface area contributed by atoms with Gasteiger partial charge in [-0.2, -0.15) is 13.2 Å². The number of furan rings is 1. The van der Waals surface area contributed by atoms with Crippen molar-refractivity contribution in [2.75, 3.05) is 0 Å². The number of carbonyl (C=O) groups excluding carboxylic acids is 1. The van der Waals surface area contributed by atoms with E-state index >= 15 is 0 Å². The number of alkyl halides is 3. The predicted octanol–water partition coefficient (Wildman–Crippen LogP) is 4.34. The molecule has 2 nitrogen and oxygen atoms in total. The highest BCUT2D eigenvalue weighted by molar-refractivity contribution is 6.67. The summed E-state index contributed by atoms with van der Waals surface area (Å²) in [5.41, 5.74) is -0.552. The van der Waals surface area contributed by atoms with E-state index in [4.69, 9.17) is 16.0 Å². The summed E-state index contributed by atoms with van der Waals surface area (Å²) >= 11 is 5.20. The molecule has 18 heavy (non-hydrogen) atoms. The van der Waals surface area contributed by atoms with Gasteiger partial charge in [-0.1, -0.05) is 12.1 Å². The molecule has 2 rings (SSSR count). The fourth-order valence-corrected chi connectivity index (χ4v) is 1.55. The molecule has 0 bridgehead atoms. The van der Waals surface area contributed by atoms with Crippen LogP contribution in [-0.2, 0) is 6.18 Å². The lowest BCUT2D eigenvalue weighted by Gasteiger charge is -2.07. The third kappa shape index (κ3) is 2.56. The molecule has 94 valence electrons. The topological polar surface area (TPSA) is 30.2 Å². The Morgan fingerprint density at radius 1 is 1.17 bits per heavy atom. The maximum atomic E-state index is 12.5. The van der Waals surface area contributed by atoms with Gasteiger partial charge in [0.2, 0.25) is 0 Å². The maximum Gasteiger partial charge on any atom is 0.416 e. The predicted molar refractivity (Wildman–Crippen MR) is 59.3 cm³/mol. The Bertz CT molecular complexity index is 587. The number of rotatable bonds is 2. The van der Waals surface area contributed by atoms with Gasteiger partial charge in [-0.3, -0.25) is 4.79 Å². The van der Waals surface area contributed by atoms with Crippen molar-refractivity contribution in [1.82, 2.24) is 0 Å². The molecule has 0 aliphatic rings. The van der Waals surface area contributed by atoms with E-state index in [1.165, 1.54) is 24.3 Å². The van der Waals surface area contributed by atoms with Gasteiger partial charge in [-0.15, -0.1) is 0 Å². The highest BCUT2D eigenvalue weighted by Crippen LogP contribution is 2.32. The first-order valence-corrected chi connectivity index (χ1v) is 5.23. The molecule has 1 heterocycles. The molecule has 0 amide bonds. The zero-order valence-corrected chi connectivity index (χ0v) is 9.55. The lowest BCUT2D eigenvalue weighted by Crippen LogP contribution is -2.04. The molecular weight excluding hydrogens is 269 g/mol. The van der Waals surface area contributed by atoms with Crippen molar-refractivity contribution < 1.29 is 22.4 Å². The molecule has 6 heteroatoms. The van der Waals surface area contributed by atoms with Crippen LogP contribution in [0.4, 0.5) is 13.2 Å². The molecule has 0 saturated heterocycles. The Morgan fingerprint density at radius 3 is 2.44 bits per heavy atom. The summed E-state index contributed by atoms with van der Waals surface area (Å²) < 4.78 is 42.6. The van der Waals surface area contributed by atoms with Gasteiger partial charge >= 0.3 is 6.18 Å². The zero-order chi connectivity index (χ0) is 13.3. The highest BCUT2D eigenvalue weighted by atomic mass is 35.5. The third-order valence-corrected chi connectivity index (χ3v) is 2.46. The molecule has 0 atom stereocenters. The first-order chi connectivity index (χ1) is 8.38. The molecular formula is C12H6ClF3O2. The summed E-state index contributed by atoms with van der Waals surface area (Å²) in [5, 5.41) is -0.798. The third-order valence-electron chi connectivity index (χ3n) is 2.27. The smallest absolute Gasteiger partial charge is 0.416 e. The van der Waals surface area contributed by atoms with Crippen LogP contribution in [0.15, 0.2) is 40.8 Å². The summed E-state index contributed by atoms with van der Waals surface area (Å²) in [6.07, 6.45) is -4.42. The van der Waals surface area contributed by atoms with Gasteiger partial charge in [-0.25, -0.2) is 0 Å². The van der Waals surface area contributed by atoms with Crippen molar-refractivity contribution >= 4 is 16.8 Å². The van der Waals surface area contributed by atoms with E-state index in [0.717, 1.165) is 12.1 Å². The van der Waals surface area contributed by atoms with Crippen LogP contribution in [0.25, 0.3) is 11.3 Å². The fraction of sp³-hybridized carbons (Fsp3) is 0.0833. The van der Waals surface area contributed by atoms with Crippen molar-refractivity contribution in [3.05, 3.63) is 47.7 Å².